The van der Waals surface area contributed by atoms with Gasteiger partial charge in [-0.25, -0.2) is 4.79 Å². The fraction of sp³-hybridized carbons (Fsp3) is 0.455. The molecule has 8 heteroatoms. The summed E-state index contributed by atoms with van der Waals surface area (Å²) in [6.45, 7) is 5.30. The number of rotatable bonds is 4. The van der Waals surface area contributed by atoms with Crippen LogP contribution in [-0.4, -0.2) is 37.6 Å². The van der Waals surface area contributed by atoms with Crippen LogP contribution in [0.1, 0.15) is 34.5 Å². The standard InChI is InChI=1S/C11H14N4O3S/c1-4-7(10(17)18)12-9(16)8-5(2)15-6(3)13-14-11(15)19-8/h7H,4H2,1-3H3,(H,12,16)(H,17,18). The van der Waals surface area contributed by atoms with Crippen LogP contribution in [0, 0.1) is 13.8 Å². The summed E-state index contributed by atoms with van der Waals surface area (Å²) in [5, 5.41) is 19.3. The van der Waals surface area contributed by atoms with E-state index in [9.17, 15) is 9.59 Å². The number of amides is 1. The Labute approximate surface area is 113 Å². The van der Waals surface area contributed by atoms with Crippen molar-refractivity contribution >= 4 is 28.2 Å². The zero-order valence-corrected chi connectivity index (χ0v) is 11.6. The Balaban J connectivity index is 2.31. The number of thiazole rings is 1. The molecule has 19 heavy (non-hydrogen) atoms. The highest BCUT2D eigenvalue weighted by atomic mass is 32.1. The van der Waals surface area contributed by atoms with Gasteiger partial charge in [-0.1, -0.05) is 18.3 Å². The zero-order valence-electron chi connectivity index (χ0n) is 10.8. The Morgan fingerprint density at radius 3 is 2.63 bits per heavy atom. The number of carboxylic acids is 1. The predicted octanol–water partition coefficient (Wildman–Crippen LogP) is 1.00. The second-order valence-electron chi connectivity index (χ2n) is 4.15. The summed E-state index contributed by atoms with van der Waals surface area (Å²) < 4.78 is 1.78. The molecular formula is C11H14N4O3S. The Bertz CT molecular complexity index is 646. The molecule has 1 atom stereocenters. The smallest absolute Gasteiger partial charge is 0.326 e. The number of aryl methyl sites for hydroxylation is 2. The van der Waals surface area contributed by atoms with E-state index < -0.39 is 12.0 Å². The van der Waals surface area contributed by atoms with Crippen molar-refractivity contribution in [1.82, 2.24) is 19.9 Å². The van der Waals surface area contributed by atoms with Crippen LogP contribution in [0.3, 0.4) is 0 Å². The lowest BCUT2D eigenvalue weighted by molar-refractivity contribution is -0.139. The Kier molecular flexibility index (Phi) is 3.52. The van der Waals surface area contributed by atoms with Crippen molar-refractivity contribution in [2.24, 2.45) is 0 Å². The molecule has 2 aromatic rings. The van der Waals surface area contributed by atoms with Crippen LogP contribution in [0.4, 0.5) is 0 Å². The van der Waals surface area contributed by atoms with Crippen LogP contribution >= 0.6 is 11.3 Å². The minimum absolute atomic E-state index is 0.337. The van der Waals surface area contributed by atoms with Gasteiger partial charge in [0.25, 0.3) is 5.91 Å². The molecule has 0 saturated carbocycles. The largest absolute Gasteiger partial charge is 0.480 e. The quantitative estimate of drug-likeness (QED) is 0.872. The molecule has 0 radical (unpaired) electrons. The minimum atomic E-state index is -1.03. The molecule has 0 aliphatic rings. The summed E-state index contributed by atoms with van der Waals surface area (Å²) >= 11 is 1.20. The van der Waals surface area contributed by atoms with E-state index >= 15 is 0 Å². The van der Waals surface area contributed by atoms with Gasteiger partial charge >= 0.3 is 5.97 Å². The average Bonchev–Trinajstić information content (AvgIpc) is 2.87. The Morgan fingerprint density at radius 2 is 2.11 bits per heavy atom. The van der Waals surface area contributed by atoms with Crippen LogP contribution in [0.2, 0.25) is 0 Å². The number of hydrogen-bond donors (Lipinski definition) is 2. The molecule has 0 bridgehead atoms. The summed E-state index contributed by atoms with van der Waals surface area (Å²) in [6.07, 6.45) is 0.337. The van der Waals surface area contributed by atoms with E-state index in [1.165, 1.54) is 11.3 Å². The molecule has 0 aliphatic carbocycles. The summed E-state index contributed by atoms with van der Waals surface area (Å²) in [5.41, 5.74) is 0.722. The number of hydrogen-bond acceptors (Lipinski definition) is 5. The van der Waals surface area contributed by atoms with Crippen LogP contribution in [-0.2, 0) is 4.79 Å². The molecule has 0 fully saturated rings. The lowest BCUT2D eigenvalue weighted by Gasteiger charge is -2.11. The molecule has 2 heterocycles. The van der Waals surface area contributed by atoms with Crippen molar-refractivity contribution < 1.29 is 14.7 Å². The number of carbonyl (C=O) groups excluding carboxylic acids is 1. The van der Waals surface area contributed by atoms with Crippen molar-refractivity contribution in [3.63, 3.8) is 0 Å². The van der Waals surface area contributed by atoms with Crippen molar-refractivity contribution in [3.05, 3.63) is 16.4 Å². The van der Waals surface area contributed by atoms with Gasteiger partial charge in [-0.3, -0.25) is 9.20 Å². The van der Waals surface area contributed by atoms with Crippen molar-refractivity contribution in [2.75, 3.05) is 0 Å². The first-order valence-electron chi connectivity index (χ1n) is 5.80. The van der Waals surface area contributed by atoms with Gasteiger partial charge in [-0.15, -0.1) is 10.2 Å². The highest BCUT2D eigenvalue weighted by molar-refractivity contribution is 7.19. The maximum atomic E-state index is 12.1. The zero-order chi connectivity index (χ0) is 14.2. The molecule has 0 aliphatic heterocycles. The van der Waals surface area contributed by atoms with E-state index in [4.69, 9.17) is 5.11 Å². The number of aromatic nitrogens is 3. The summed E-state index contributed by atoms with van der Waals surface area (Å²) in [4.78, 5) is 24.1. The first kappa shape index (κ1) is 13.5. The summed E-state index contributed by atoms with van der Waals surface area (Å²) in [6, 6.07) is -0.874. The number of aliphatic carboxylic acids is 1. The number of fused-ring (bicyclic) bond motifs is 1. The van der Waals surface area contributed by atoms with E-state index in [0.29, 0.717) is 22.1 Å². The minimum Gasteiger partial charge on any atom is -0.480 e. The third-order valence-electron chi connectivity index (χ3n) is 2.87. The van der Waals surface area contributed by atoms with Gasteiger partial charge in [-0.2, -0.15) is 0 Å². The summed E-state index contributed by atoms with van der Waals surface area (Å²) in [5.74, 6) is -0.720. The van der Waals surface area contributed by atoms with Gasteiger partial charge in [-0.05, 0) is 20.3 Å². The van der Waals surface area contributed by atoms with Gasteiger partial charge in [0.1, 0.15) is 16.7 Å². The molecular weight excluding hydrogens is 268 g/mol. The van der Waals surface area contributed by atoms with E-state index in [-0.39, 0.29) is 5.91 Å². The van der Waals surface area contributed by atoms with Crippen LogP contribution in [0.25, 0.3) is 4.96 Å². The van der Waals surface area contributed by atoms with E-state index in [1.54, 1.807) is 25.2 Å². The van der Waals surface area contributed by atoms with Crippen molar-refractivity contribution in [2.45, 2.75) is 33.2 Å². The van der Waals surface area contributed by atoms with Gasteiger partial charge in [0, 0.05) is 5.69 Å². The molecule has 2 N–H and O–H groups in total. The molecule has 7 nitrogen and oxygen atoms in total. The Morgan fingerprint density at radius 1 is 1.42 bits per heavy atom. The second kappa shape index (κ2) is 4.96. The van der Waals surface area contributed by atoms with Crippen LogP contribution in [0.15, 0.2) is 0 Å². The third-order valence-corrected chi connectivity index (χ3v) is 4.00. The van der Waals surface area contributed by atoms with Gasteiger partial charge < -0.3 is 10.4 Å². The number of nitrogens with zero attached hydrogens (tertiary/aromatic N) is 3. The Hall–Kier alpha value is -1.96. The maximum absolute atomic E-state index is 12.1. The molecule has 2 aromatic heterocycles. The van der Waals surface area contributed by atoms with Gasteiger partial charge in [0.2, 0.25) is 4.96 Å². The molecule has 102 valence electrons. The molecule has 1 amide bonds. The van der Waals surface area contributed by atoms with Crippen LogP contribution < -0.4 is 5.32 Å². The van der Waals surface area contributed by atoms with E-state index in [1.807, 2.05) is 0 Å². The number of nitrogens with one attached hydrogen (secondary N) is 1. The molecule has 2 rings (SSSR count). The normalized spacial score (nSPS) is 12.6. The fourth-order valence-corrected chi connectivity index (χ4v) is 2.85. The SMILES string of the molecule is CCC(NC(=O)c1sc2nnc(C)n2c1C)C(=O)O. The molecule has 1 unspecified atom stereocenters. The van der Waals surface area contributed by atoms with Crippen molar-refractivity contribution in [1.29, 1.82) is 0 Å². The highest BCUT2D eigenvalue weighted by Crippen LogP contribution is 2.22. The van der Waals surface area contributed by atoms with Gasteiger partial charge in [0.15, 0.2) is 0 Å². The predicted molar refractivity (Wildman–Crippen MR) is 69.5 cm³/mol. The first-order chi connectivity index (χ1) is 8.95. The first-order valence-corrected chi connectivity index (χ1v) is 6.62. The average molecular weight is 282 g/mol. The maximum Gasteiger partial charge on any atom is 0.326 e. The molecule has 0 spiro atoms. The highest BCUT2D eigenvalue weighted by Gasteiger charge is 2.23. The van der Waals surface area contributed by atoms with Crippen LogP contribution in [0.5, 0.6) is 0 Å². The fourth-order valence-electron chi connectivity index (χ4n) is 1.83. The topological polar surface area (TPSA) is 96.6 Å². The third kappa shape index (κ3) is 2.30. The number of carbonyl (C=O) groups is 2. The van der Waals surface area contributed by atoms with E-state index in [2.05, 4.69) is 15.5 Å². The molecule has 0 aromatic carbocycles. The lowest BCUT2D eigenvalue weighted by Crippen LogP contribution is -2.40. The van der Waals surface area contributed by atoms with E-state index in [0.717, 1.165) is 5.69 Å². The number of carboxylic acid groups (broad SMARTS) is 1. The summed E-state index contributed by atoms with van der Waals surface area (Å²) in [7, 11) is 0. The monoisotopic (exact) mass is 282 g/mol. The second-order valence-corrected chi connectivity index (χ2v) is 5.13. The van der Waals surface area contributed by atoms with Crippen molar-refractivity contribution in [3.8, 4) is 0 Å². The lowest BCUT2D eigenvalue weighted by atomic mass is 10.2. The molecule has 0 saturated heterocycles. The van der Waals surface area contributed by atoms with Gasteiger partial charge in [0.05, 0.1) is 0 Å².